The molecule has 80 valence electrons. The molecule has 0 aromatic carbocycles. The van der Waals surface area contributed by atoms with Crippen LogP contribution >= 0.6 is 0 Å². The zero-order chi connectivity index (χ0) is 10.6. The minimum Gasteiger partial charge on any atom is -0.463 e. The van der Waals surface area contributed by atoms with Gasteiger partial charge in [-0.15, -0.1) is 0 Å². The standard InChI is InChI=1S/C11H18O3/c1-8(14-9(2)12)7-10-5-3-4-6-11(10)13/h8,10H,3-7H2,1-2H3. The van der Waals surface area contributed by atoms with Crippen LogP contribution in [0, 0.1) is 5.92 Å². The predicted molar refractivity (Wildman–Crippen MR) is 52.8 cm³/mol. The molecular formula is C11H18O3. The van der Waals surface area contributed by atoms with Crippen molar-refractivity contribution in [3.05, 3.63) is 0 Å². The van der Waals surface area contributed by atoms with Crippen LogP contribution in [0.15, 0.2) is 0 Å². The van der Waals surface area contributed by atoms with Gasteiger partial charge in [0, 0.05) is 19.3 Å². The van der Waals surface area contributed by atoms with Crippen LogP contribution in [0.3, 0.4) is 0 Å². The number of hydrogen-bond donors (Lipinski definition) is 0. The first-order chi connectivity index (χ1) is 6.59. The van der Waals surface area contributed by atoms with Gasteiger partial charge in [-0.05, 0) is 26.2 Å². The van der Waals surface area contributed by atoms with Crippen molar-refractivity contribution < 1.29 is 14.3 Å². The summed E-state index contributed by atoms with van der Waals surface area (Å²) in [4.78, 5) is 22.1. The molecule has 0 spiro atoms. The van der Waals surface area contributed by atoms with E-state index in [9.17, 15) is 9.59 Å². The van der Waals surface area contributed by atoms with Gasteiger partial charge in [0.05, 0.1) is 6.10 Å². The van der Waals surface area contributed by atoms with Gasteiger partial charge < -0.3 is 4.74 Å². The molecule has 1 rings (SSSR count). The smallest absolute Gasteiger partial charge is 0.302 e. The number of carbonyl (C=O) groups is 2. The van der Waals surface area contributed by atoms with E-state index in [4.69, 9.17) is 4.74 Å². The number of esters is 1. The van der Waals surface area contributed by atoms with Crippen LogP contribution in [0.25, 0.3) is 0 Å². The first-order valence-corrected chi connectivity index (χ1v) is 5.29. The molecule has 0 aliphatic heterocycles. The summed E-state index contributed by atoms with van der Waals surface area (Å²) < 4.78 is 5.01. The normalized spacial score (nSPS) is 24.4. The van der Waals surface area contributed by atoms with Crippen molar-refractivity contribution in [1.29, 1.82) is 0 Å². The highest BCUT2D eigenvalue weighted by Gasteiger charge is 2.24. The van der Waals surface area contributed by atoms with E-state index in [0.717, 1.165) is 19.3 Å². The second-order valence-electron chi connectivity index (χ2n) is 4.06. The second kappa shape index (κ2) is 5.13. The number of hydrogen-bond acceptors (Lipinski definition) is 3. The summed E-state index contributed by atoms with van der Waals surface area (Å²) in [7, 11) is 0. The van der Waals surface area contributed by atoms with Crippen molar-refractivity contribution >= 4 is 11.8 Å². The lowest BCUT2D eigenvalue weighted by Gasteiger charge is -2.23. The molecular weight excluding hydrogens is 180 g/mol. The minimum atomic E-state index is -0.263. The predicted octanol–water partition coefficient (Wildman–Crippen LogP) is 2.09. The SMILES string of the molecule is CC(=O)OC(C)CC1CCCCC1=O. The molecule has 0 heterocycles. The molecule has 1 aliphatic carbocycles. The minimum absolute atomic E-state index is 0.123. The van der Waals surface area contributed by atoms with E-state index in [0.29, 0.717) is 18.6 Å². The second-order valence-corrected chi connectivity index (χ2v) is 4.06. The molecule has 0 aromatic heterocycles. The summed E-state index contributed by atoms with van der Waals surface area (Å²) in [6, 6.07) is 0. The Morgan fingerprint density at radius 1 is 1.57 bits per heavy atom. The molecule has 1 fully saturated rings. The lowest BCUT2D eigenvalue weighted by atomic mass is 9.84. The van der Waals surface area contributed by atoms with Gasteiger partial charge in [0.15, 0.2) is 0 Å². The van der Waals surface area contributed by atoms with E-state index in [1.807, 2.05) is 6.92 Å². The number of Topliss-reactive ketones (excluding diaryl/α,β-unsaturated/α-hetero) is 1. The highest BCUT2D eigenvalue weighted by Crippen LogP contribution is 2.25. The van der Waals surface area contributed by atoms with Crippen molar-refractivity contribution in [2.45, 2.75) is 52.1 Å². The van der Waals surface area contributed by atoms with Crippen LogP contribution in [0.5, 0.6) is 0 Å². The topological polar surface area (TPSA) is 43.4 Å². The van der Waals surface area contributed by atoms with E-state index in [-0.39, 0.29) is 18.0 Å². The fourth-order valence-corrected chi connectivity index (χ4v) is 2.04. The average molecular weight is 198 g/mol. The molecule has 0 amide bonds. The summed E-state index contributed by atoms with van der Waals surface area (Å²) in [6.07, 6.45) is 4.39. The first-order valence-electron chi connectivity index (χ1n) is 5.29. The largest absolute Gasteiger partial charge is 0.463 e. The van der Waals surface area contributed by atoms with E-state index >= 15 is 0 Å². The Bertz CT molecular complexity index is 223. The maximum atomic E-state index is 11.5. The zero-order valence-corrected chi connectivity index (χ0v) is 8.91. The van der Waals surface area contributed by atoms with Crippen LogP contribution < -0.4 is 0 Å². The highest BCUT2D eigenvalue weighted by atomic mass is 16.5. The van der Waals surface area contributed by atoms with Crippen LogP contribution in [0.2, 0.25) is 0 Å². The van der Waals surface area contributed by atoms with E-state index in [2.05, 4.69) is 0 Å². The summed E-state index contributed by atoms with van der Waals surface area (Å²) in [6.45, 7) is 3.25. The third-order valence-electron chi connectivity index (χ3n) is 2.66. The molecule has 2 unspecified atom stereocenters. The fourth-order valence-electron chi connectivity index (χ4n) is 2.04. The van der Waals surface area contributed by atoms with Crippen molar-refractivity contribution in [2.24, 2.45) is 5.92 Å². The first kappa shape index (κ1) is 11.2. The van der Waals surface area contributed by atoms with Crippen molar-refractivity contribution in [2.75, 3.05) is 0 Å². The molecule has 0 N–H and O–H groups in total. The summed E-state index contributed by atoms with van der Waals surface area (Å²) >= 11 is 0. The third-order valence-corrected chi connectivity index (χ3v) is 2.66. The Kier molecular flexibility index (Phi) is 4.11. The van der Waals surface area contributed by atoms with Crippen LogP contribution in [0.4, 0.5) is 0 Å². The van der Waals surface area contributed by atoms with Crippen molar-refractivity contribution in [1.82, 2.24) is 0 Å². The summed E-state index contributed by atoms with van der Waals surface area (Å²) in [5.74, 6) is 0.203. The van der Waals surface area contributed by atoms with Gasteiger partial charge in [-0.25, -0.2) is 0 Å². The number of carbonyl (C=O) groups excluding carboxylic acids is 2. The van der Waals surface area contributed by atoms with Gasteiger partial charge in [0.2, 0.25) is 0 Å². The van der Waals surface area contributed by atoms with Gasteiger partial charge >= 0.3 is 5.97 Å². The van der Waals surface area contributed by atoms with Gasteiger partial charge in [-0.3, -0.25) is 9.59 Å². The molecule has 0 radical (unpaired) electrons. The van der Waals surface area contributed by atoms with E-state index in [1.54, 1.807) is 0 Å². The summed E-state index contributed by atoms with van der Waals surface area (Å²) in [5.41, 5.74) is 0. The van der Waals surface area contributed by atoms with E-state index < -0.39 is 0 Å². The molecule has 0 bridgehead atoms. The molecule has 2 atom stereocenters. The van der Waals surface area contributed by atoms with Gasteiger partial charge in [0.1, 0.15) is 5.78 Å². The molecule has 14 heavy (non-hydrogen) atoms. The Morgan fingerprint density at radius 3 is 2.86 bits per heavy atom. The number of ketones is 1. The van der Waals surface area contributed by atoms with Crippen LogP contribution in [-0.4, -0.2) is 17.9 Å². The Labute approximate surface area is 84.8 Å². The maximum absolute atomic E-state index is 11.5. The lowest BCUT2D eigenvalue weighted by Crippen LogP contribution is -2.25. The van der Waals surface area contributed by atoms with Crippen molar-refractivity contribution in [3.8, 4) is 0 Å². The molecule has 1 aliphatic rings. The third kappa shape index (κ3) is 3.48. The van der Waals surface area contributed by atoms with E-state index in [1.165, 1.54) is 6.92 Å². The maximum Gasteiger partial charge on any atom is 0.302 e. The molecule has 3 heteroatoms. The van der Waals surface area contributed by atoms with Gasteiger partial charge in [-0.1, -0.05) is 6.42 Å². The summed E-state index contributed by atoms with van der Waals surface area (Å²) in [5, 5.41) is 0. The number of rotatable bonds is 3. The van der Waals surface area contributed by atoms with Gasteiger partial charge in [0.25, 0.3) is 0 Å². The molecule has 1 saturated carbocycles. The Morgan fingerprint density at radius 2 is 2.29 bits per heavy atom. The van der Waals surface area contributed by atoms with Crippen LogP contribution in [0.1, 0.15) is 46.0 Å². The van der Waals surface area contributed by atoms with Crippen molar-refractivity contribution in [3.63, 3.8) is 0 Å². The average Bonchev–Trinajstić information content (AvgIpc) is 2.07. The Hall–Kier alpha value is -0.860. The monoisotopic (exact) mass is 198 g/mol. The number of ether oxygens (including phenoxy) is 1. The highest BCUT2D eigenvalue weighted by molar-refractivity contribution is 5.81. The molecule has 3 nitrogen and oxygen atoms in total. The quantitative estimate of drug-likeness (QED) is 0.652. The lowest BCUT2D eigenvalue weighted by molar-refractivity contribution is -0.147. The molecule has 0 saturated heterocycles. The zero-order valence-electron chi connectivity index (χ0n) is 8.91. The van der Waals surface area contributed by atoms with Gasteiger partial charge in [-0.2, -0.15) is 0 Å². The fraction of sp³-hybridized carbons (Fsp3) is 0.818. The Balaban J connectivity index is 2.34. The van der Waals surface area contributed by atoms with Crippen LogP contribution in [-0.2, 0) is 14.3 Å². The molecule has 0 aromatic rings.